The fraction of sp³-hybridized carbons (Fsp3) is 0. The zero-order chi connectivity index (χ0) is 8.15. The molecule has 0 aromatic carbocycles. The van der Waals surface area contributed by atoms with Crippen molar-refractivity contribution < 1.29 is 153 Å². The Balaban J connectivity index is -0.0000000145. The summed E-state index contributed by atoms with van der Waals surface area (Å²) >= 11 is -8.25. The van der Waals surface area contributed by atoms with Crippen molar-refractivity contribution in [2.75, 3.05) is 0 Å². The predicted molar refractivity (Wildman–Crippen MR) is 36.3 cm³/mol. The maximum Gasteiger partial charge on any atom is 1.00 e. The molecule has 0 saturated heterocycles. The van der Waals surface area contributed by atoms with Gasteiger partial charge in [0.15, 0.2) is 0 Å². The molecule has 14 heavy (non-hydrogen) atoms. The second-order valence-electron chi connectivity index (χ2n) is 0.774. The maximum absolute atomic E-state index is 10.0. The van der Waals surface area contributed by atoms with Gasteiger partial charge in [-0.2, -0.15) is 12.6 Å². The minimum atomic E-state index is -2.78. The Hall–Kier alpha value is 4.29. The van der Waals surface area contributed by atoms with Crippen LogP contribution >= 0.6 is 0 Å². The smallest absolute Gasteiger partial charge is 1.00 e. The molecule has 0 aliphatic carbocycles. The molecule has 2 atom stereocenters. The van der Waals surface area contributed by atoms with Crippen LogP contribution < -0.4 is 118 Å². The molecule has 0 bridgehead atoms. The number of rotatable bonds is 4. The van der Waals surface area contributed by atoms with Crippen LogP contribution in [0.1, 0.15) is 5.71 Å². The van der Waals surface area contributed by atoms with Gasteiger partial charge in [-0.1, -0.05) is 0 Å². The van der Waals surface area contributed by atoms with Crippen molar-refractivity contribution in [1.29, 1.82) is 0 Å². The molecular weight excluding hydrogens is 300 g/mol. The first kappa shape index (κ1) is 31.0. The molecule has 0 aromatic heterocycles. The first-order valence-electron chi connectivity index (χ1n) is 1.53. The van der Waals surface area contributed by atoms with Gasteiger partial charge in [0, 0.05) is 0 Å². The average molecular weight is 306 g/mol. The van der Waals surface area contributed by atoms with E-state index in [-0.39, 0.29) is 124 Å². The summed E-state index contributed by atoms with van der Waals surface area (Å²) in [5.41, 5.74) is 0. The van der Waals surface area contributed by atoms with E-state index in [1.54, 1.807) is 0 Å². The van der Waals surface area contributed by atoms with E-state index in [0.29, 0.717) is 0 Å². The van der Waals surface area contributed by atoms with Gasteiger partial charge in [0.05, 0.1) is 0 Å². The third kappa shape index (κ3) is 25.2. The largest absolute Gasteiger partial charge is 1.00 e. The van der Waals surface area contributed by atoms with Crippen LogP contribution in [0.5, 0.6) is 0 Å². The maximum atomic E-state index is 10.0. The molecule has 0 aliphatic heterocycles. The van der Waals surface area contributed by atoms with E-state index in [0.717, 1.165) is 0 Å². The van der Waals surface area contributed by atoms with Crippen molar-refractivity contribution in [3.8, 4) is 0 Å². The molecule has 0 saturated carbocycles. The predicted octanol–water partition coefficient (Wildman–Crippen LogP) is -12.7. The van der Waals surface area contributed by atoms with Gasteiger partial charge in [-0.05, 0) is 0 Å². The molecule has 0 heterocycles. The summed E-state index contributed by atoms with van der Waals surface area (Å²) in [4.78, 5) is 0. The Morgan fingerprint density at radius 1 is 0.786 bits per heavy atom. The summed E-state index contributed by atoms with van der Waals surface area (Å²) in [5, 5.41) is 0. The van der Waals surface area contributed by atoms with Crippen molar-refractivity contribution in [3.63, 3.8) is 0 Å². The van der Waals surface area contributed by atoms with Crippen LogP contribution in [0.4, 0.5) is 0 Å². The van der Waals surface area contributed by atoms with E-state index in [2.05, 4.69) is 7.26 Å². The monoisotopic (exact) mass is 306 g/mol. The van der Waals surface area contributed by atoms with Crippen molar-refractivity contribution in [2.24, 2.45) is 0 Å². The Morgan fingerprint density at radius 2 is 1.00 bits per heavy atom. The molecular formula is H6Na4O7S3. The molecule has 70 valence electrons. The molecule has 2 unspecified atom stereocenters. The fourth-order valence-electron chi connectivity index (χ4n) is 0.106. The third-order valence-electron chi connectivity index (χ3n) is 0.228. The molecule has 0 spiro atoms. The first-order valence-corrected chi connectivity index (χ1v) is 4.60. The standard InChI is InChI=1S/4Na.H2O7S3.4H/c;;;;1-8(2)6-10(5)7-9(3)4;;;;/h;;;;(H,1,2)(H,3,4);;;;/q4*+1;;4*-1. The normalized spacial score (nSPS) is 14.1. The second kappa shape index (κ2) is 19.6. The van der Waals surface area contributed by atoms with Crippen LogP contribution in [0.15, 0.2) is 0 Å². The second-order valence-corrected chi connectivity index (χ2v) is 3.14. The van der Waals surface area contributed by atoms with Gasteiger partial charge in [-0.3, -0.25) is 9.11 Å². The zero-order valence-corrected chi connectivity index (χ0v) is 18.6. The van der Waals surface area contributed by atoms with E-state index >= 15 is 0 Å². The van der Waals surface area contributed by atoms with Crippen LogP contribution in [0.3, 0.4) is 0 Å². The van der Waals surface area contributed by atoms with Gasteiger partial charge in [0.1, 0.15) is 0 Å². The van der Waals surface area contributed by atoms with E-state index in [4.69, 9.17) is 9.11 Å². The van der Waals surface area contributed by atoms with E-state index in [1.807, 2.05) is 0 Å². The van der Waals surface area contributed by atoms with Crippen molar-refractivity contribution in [1.82, 2.24) is 0 Å². The quantitative estimate of drug-likeness (QED) is 0.392. The molecule has 0 amide bonds. The van der Waals surface area contributed by atoms with Gasteiger partial charge >= 0.3 is 152 Å². The van der Waals surface area contributed by atoms with Gasteiger partial charge in [0.2, 0.25) is 0 Å². The van der Waals surface area contributed by atoms with Crippen LogP contribution in [0, 0.1) is 0 Å². The molecule has 0 radical (unpaired) electrons. The minimum Gasteiger partial charge on any atom is -1.00 e. The summed E-state index contributed by atoms with van der Waals surface area (Å²) in [7, 11) is 0. The molecule has 14 heteroatoms. The molecule has 0 aliphatic rings. The minimum absolute atomic E-state index is 0. The Bertz CT molecular complexity index is 178. The Labute approximate surface area is 183 Å². The van der Waals surface area contributed by atoms with E-state index in [9.17, 15) is 12.6 Å². The van der Waals surface area contributed by atoms with Crippen LogP contribution in [0.25, 0.3) is 0 Å². The van der Waals surface area contributed by atoms with E-state index in [1.165, 1.54) is 0 Å². The number of hydrogen-bond donors (Lipinski definition) is 2. The van der Waals surface area contributed by atoms with Crippen LogP contribution in [-0.4, -0.2) is 21.7 Å². The average Bonchev–Trinajstić information content (AvgIpc) is 1.58. The molecule has 7 nitrogen and oxygen atoms in total. The summed E-state index contributed by atoms with van der Waals surface area (Å²) in [6.45, 7) is 0. The molecule has 0 fully saturated rings. The SMILES string of the molecule is O=S(O)OS(=O)OS(=O)O.[H-].[H-].[H-].[H-].[Na+].[Na+].[Na+].[Na+]. The first-order chi connectivity index (χ1) is 4.52. The van der Waals surface area contributed by atoms with Gasteiger partial charge in [0.25, 0.3) is 0 Å². The van der Waals surface area contributed by atoms with Gasteiger partial charge < -0.3 is 5.71 Å². The van der Waals surface area contributed by atoms with Gasteiger partial charge in [-0.25, -0.2) is 0 Å². The summed E-state index contributed by atoms with van der Waals surface area (Å²) in [5.74, 6) is 0. The summed E-state index contributed by atoms with van der Waals surface area (Å²) in [6.07, 6.45) is 0. The Morgan fingerprint density at radius 3 is 1.14 bits per heavy atom. The van der Waals surface area contributed by atoms with Crippen molar-refractivity contribution >= 4 is 34.1 Å². The third-order valence-corrected chi connectivity index (χ3v) is 2.05. The van der Waals surface area contributed by atoms with Crippen molar-refractivity contribution in [3.05, 3.63) is 0 Å². The zero-order valence-electron chi connectivity index (χ0n) is 12.2. The summed E-state index contributed by atoms with van der Waals surface area (Å²) < 4.78 is 51.9. The molecule has 0 aromatic rings. The van der Waals surface area contributed by atoms with Crippen LogP contribution in [0.2, 0.25) is 0 Å². The van der Waals surface area contributed by atoms with E-state index < -0.39 is 34.1 Å². The number of hydrogen-bond acceptors (Lipinski definition) is 5. The van der Waals surface area contributed by atoms with Gasteiger partial charge in [-0.15, -0.1) is 7.26 Å². The Kier molecular flexibility index (Phi) is 43.4. The molecule has 0 rings (SSSR count). The van der Waals surface area contributed by atoms with Crippen molar-refractivity contribution in [2.45, 2.75) is 0 Å². The van der Waals surface area contributed by atoms with Crippen LogP contribution in [-0.2, 0) is 41.3 Å². The molecule has 2 N–H and O–H groups in total. The fourth-order valence-corrected chi connectivity index (χ4v) is 1.16. The topological polar surface area (TPSA) is 110 Å². The summed E-state index contributed by atoms with van der Waals surface area (Å²) in [6, 6.07) is 0.